The molecule has 0 saturated heterocycles. The third-order valence-electron chi connectivity index (χ3n) is 4.40. The van der Waals surface area contributed by atoms with Gasteiger partial charge in [-0.25, -0.2) is 4.79 Å². The van der Waals surface area contributed by atoms with Gasteiger partial charge in [-0.1, -0.05) is 6.07 Å². The molecule has 0 saturated carbocycles. The van der Waals surface area contributed by atoms with Crippen LogP contribution in [0.5, 0.6) is 0 Å². The van der Waals surface area contributed by atoms with Crippen molar-refractivity contribution >= 4 is 28.2 Å². The van der Waals surface area contributed by atoms with Crippen LogP contribution in [-0.4, -0.2) is 18.5 Å². The molecule has 1 aromatic heterocycles. The molecule has 0 fully saturated rings. The van der Waals surface area contributed by atoms with Gasteiger partial charge in [-0.2, -0.15) is 0 Å². The molecule has 4 nitrogen and oxygen atoms in total. The lowest BCUT2D eigenvalue weighted by atomic mass is 10.1. The first kappa shape index (κ1) is 16.7. The van der Waals surface area contributed by atoms with Crippen LogP contribution < -0.4 is 5.32 Å². The minimum Gasteiger partial charge on any atom is -0.462 e. The molecule has 0 aliphatic heterocycles. The van der Waals surface area contributed by atoms with Crippen LogP contribution in [0.1, 0.15) is 55.6 Å². The summed E-state index contributed by atoms with van der Waals surface area (Å²) in [7, 11) is 0. The predicted octanol–water partition coefficient (Wildman–Crippen LogP) is 4.28. The van der Waals surface area contributed by atoms with Crippen LogP contribution in [0.3, 0.4) is 0 Å². The smallest absolute Gasteiger partial charge is 0.341 e. The molecule has 0 bridgehead atoms. The van der Waals surface area contributed by atoms with Crippen LogP contribution in [0.15, 0.2) is 18.2 Å². The van der Waals surface area contributed by atoms with Gasteiger partial charge in [0.25, 0.3) is 5.91 Å². The van der Waals surface area contributed by atoms with Gasteiger partial charge in [0, 0.05) is 10.4 Å². The lowest BCUT2D eigenvalue weighted by Crippen LogP contribution is -2.15. The van der Waals surface area contributed by atoms with Gasteiger partial charge in [0.2, 0.25) is 0 Å². The van der Waals surface area contributed by atoms with Crippen molar-refractivity contribution in [2.75, 3.05) is 11.9 Å². The molecule has 0 radical (unpaired) electrons. The molecule has 1 N–H and O–H groups in total. The summed E-state index contributed by atoms with van der Waals surface area (Å²) in [5.74, 6) is -0.532. The fourth-order valence-corrected chi connectivity index (χ4v) is 4.24. The molecule has 1 amide bonds. The summed E-state index contributed by atoms with van der Waals surface area (Å²) in [6, 6.07) is 5.61. The van der Waals surface area contributed by atoms with Crippen molar-refractivity contribution < 1.29 is 14.3 Å². The number of ether oxygens (including phenoxy) is 1. The lowest BCUT2D eigenvalue weighted by molar-refractivity contribution is 0.0527. The second-order valence-electron chi connectivity index (χ2n) is 6.04. The first-order valence-electron chi connectivity index (χ1n) is 8.21. The largest absolute Gasteiger partial charge is 0.462 e. The summed E-state index contributed by atoms with van der Waals surface area (Å²) < 4.78 is 5.19. The molecule has 0 unspecified atom stereocenters. The Labute approximate surface area is 145 Å². The Morgan fingerprint density at radius 3 is 2.71 bits per heavy atom. The van der Waals surface area contributed by atoms with Crippen LogP contribution in [0.2, 0.25) is 0 Å². The molecule has 2 aromatic rings. The highest BCUT2D eigenvalue weighted by atomic mass is 32.1. The van der Waals surface area contributed by atoms with E-state index >= 15 is 0 Å². The number of amides is 1. The molecule has 5 heteroatoms. The first-order valence-corrected chi connectivity index (χ1v) is 9.03. The number of fused-ring (bicyclic) bond motifs is 1. The van der Waals surface area contributed by atoms with E-state index in [1.165, 1.54) is 16.2 Å². The summed E-state index contributed by atoms with van der Waals surface area (Å²) in [6.07, 6.45) is 2.89. The first-order chi connectivity index (χ1) is 11.5. The van der Waals surface area contributed by atoms with Crippen LogP contribution >= 0.6 is 11.3 Å². The van der Waals surface area contributed by atoms with Gasteiger partial charge >= 0.3 is 5.97 Å². The monoisotopic (exact) mass is 343 g/mol. The topological polar surface area (TPSA) is 55.4 Å². The highest BCUT2D eigenvalue weighted by molar-refractivity contribution is 7.17. The molecular weight excluding hydrogens is 322 g/mol. The molecule has 3 rings (SSSR count). The lowest BCUT2D eigenvalue weighted by Gasteiger charge is -2.09. The maximum absolute atomic E-state index is 12.6. The Morgan fingerprint density at radius 1 is 1.21 bits per heavy atom. The molecule has 0 atom stereocenters. The molecule has 1 aromatic carbocycles. The average Bonchev–Trinajstić information content (AvgIpc) is 3.10. The second-order valence-corrected chi connectivity index (χ2v) is 7.14. The van der Waals surface area contributed by atoms with Crippen molar-refractivity contribution in [3.05, 3.63) is 50.9 Å². The summed E-state index contributed by atoms with van der Waals surface area (Å²) in [5.41, 5.74) is 4.41. The third-order valence-corrected chi connectivity index (χ3v) is 5.60. The number of rotatable bonds is 4. The van der Waals surface area contributed by atoms with E-state index in [0.717, 1.165) is 36.0 Å². The van der Waals surface area contributed by atoms with Crippen LogP contribution in [0.25, 0.3) is 0 Å². The number of benzene rings is 1. The van der Waals surface area contributed by atoms with Crippen molar-refractivity contribution in [2.45, 2.75) is 40.0 Å². The van der Waals surface area contributed by atoms with Crippen LogP contribution in [-0.2, 0) is 17.6 Å². The van der Waals surface area contributed by atoms with Crippen molar-refractivity contribution in [3.8, 4) is 0 Å². The Morgan fingerprint density at radius 2 is 2.00 bits per heavy atom. The quantitative estimate of drug-likeness (QED) is 0.843. The second kappa shape index (κ2) is 6.77. The van der Waals surface area contributed by atoms with E-state index in [-0.39, 0.29) is 11.9 Å². The predicted molar refractivity (Wildman–Crippen MR) is 96.2 cm³/mol. The van der Waals surface area contributed by atoms with Gasteiger partial charge in [-0.3, -0.25) is 4.79 Å². The number of carbonyl (C=O) groups excluding carboxylic acids is 2. The third kappa shape index (κ3) is 3.08. The molecule has 1 aliphatic rings. The molecule has 1 heterocycles. The molecule has 24 heavy (non-hydrogen) atoms. The van der Waals surface area contributed by atoms with Gasteiger partial charge in [0.1, 0.15) is 5.00 Å². The van der Waals surface area contributed by atoms with Crippen molar-refractivity contribution in [1.82, 2.24) is 0 Å². The molecule has 126 valence electrons. The maximum Gasteiger partial charge on any atom is 0.341 e. The Bertz CT molecular complexity index is 807. The van der Waals surface area contributed by atoms with Gasteiger partial charge in [0.05, 0.1) is 12.2 Å². The molecule has 1 aliphatic carbocycles. The number of hydrogen-bond donors (Lipinski definition) is 1. The van der Waals surface area contributed by atoms with Gasteiger partial charge < -0.3 is 10.1 Å². The van der Waals surface area contributed by atoms with Gasteiger partial charge in [-0.15, -0.1) is 11.3 Å². The fraction of sp³-hybridized carbons (Fsp3) is 0.368. The summed E-state index contributed by atoms with van der Waals surface area (Å²) in [6.45, 7) is 6.11. The molecule has 0 spiro atoms. The Balaban J connectivity index is 1.90. The Kier molecular flexibility index (Phi) is 4.71. The van der Waals surface area contributed by atoms with E-state index in [1.807, 2.05) is 32.0 Å². The number of carbonyl (C=O) groups is 2. The summed E-state index contributed by atoms with van der Waals surface area (Å²) in [4.78, 5) is 26.1. The van der Waals surface area contributed by atoms with E-state index in [0.29, 0.717) is 22.7 Å². The highest BCUT2D eigenvalue weighted by Gasteiger charge is 2.28. The standard InChI is InChI=1S/C19H21NO3S/c1-4-23-19(22)16-14-6-5-7-15(14)24-18(16)20-17(21)13-9-8-11(2)12(3)10-13/h8-10H,4-7H2,1-3H3,(H,20,21). The zero-order valence-electron chi connectivity index (χ0n) is 14.2. The number of esters is 1. The summed E-state index contributed by atoms with van der Waals surface area (Å²) in [5, 5.41) is 3.53. The van der Waals surface area contributed by atoms with E-state index in [9.17, 15) is 9.59 Å². The van der Waals surface area contributed by atoms with E-state index in [4.69, 9.17) is 4.74 Å². The number of anilines is 1. The van der Waals surface area contributed by atoms with E-state index in [2.05, 4.69) is 5.32 Å². The normalized spacial score (nSPS) is 12.8. The Hall–Kier alpha value is -2.14. The highest BCUT2D eigenvalue weighted by Crippen LogP contribution is 2.39. The number of aryl methyl sites for hydroxylation is 3. The van der Waals surface area contributed by atoms with E-state index in [1.54, 1.807) is 6.92 Å². The number of thiophene rings is 1. The average molecular weight is 343 g/mol. The van der Waals surface area contributed by atoms with E-state index < -0.39 is 0 Å². The summed E-state index contributed by atoms with van der Waals surface area (Å²) >= 11 is 1.50. The number of nitrogens with one attached hydrogen (secondary N) is 1. The van der Waals surface area contributed by atoms with Gasteiger partial charge in [0.15, 0.2) is 0 Å². The SMILES string of the molecule is CCOC(=O)c1c(NC(=O)c2ccc(C)c(C)c2)sc2c1CCC2. The van der Waals surface area contributed by atoms with Crippen molar-refractivity contribution in [1.29, 1.82) is 0 Å². The fourth-order valence-electron chi connectivity index (χ4n) is 2.97. The maximum atomic E-state index is 12.6. The minimum atomic E-state index is -0.340. The van der Waals surface area contributed by atoms with Gasteiger partial charge in [-0.05, 0) is 68.9 Å². The minimum absolute atomic E-state index is 0.191. The number of hydrogen-bond acceptors (Lipinski definition) is 4. The zero-order chi connectivity index (χ0) is 17.3. The molecular formula is C19H21NO3S. The van der Waals surface area contributed by atoms with Crippen molar-refractivity contribution in [3.63, 3.8) is 0 Å². The van der Waals surface area contributed by atoms with Crippen LogP contribution in [0, 0.1) is 13.8 Å². The zero-order valence-corrected chi connectivity index (χ0v) is 15.0. The van der Waals surface area contributed by atoms with Crippen LogP contribution in [0.4, 0.5) is 5.00 Å². The van der Waals surface area contributed by atoms with Crippen molar-refractivity contribution in [2.24, 2.45) is 0 Å².